The fourth-order valence-electron chi connectivity index (χ4n) is 5.32. The van der Waals surface area contributed by atoms with Crippen LogP contribution in [0.5, 0.6) is 0 Å². The zero-order valence-corrected chi connectivity index (χ0v) is 16.6. The van der Waals surface area contributed by atoms with E-state index in [0.29, 0.717) is 0 Å². The monoisotopic (exact) mass is 356 g/mol. The third-order valence-corrected chi connectivity index (χ3v) is 6.29. The number of nitrogens with zero attached hydrogens (tertiary/aromatic N) is 2. The molecular formula is C22H29ClN2. The van der Waals surface area contributed by atoms with Gasteiger partial charge in [0.15, 0.2) is 0 Å². The smallest absolute Gasteiger partial charge is 0.0729 e. The first-order valence-corrected chi connectivity index (χ1v) is 9.19. The first kappa shape index (κ1) is 18.4. The van der Waals surface area contributed by atoms with Crippen LogP contribution in [0.15, 0.2) is 48.5 Å². The van der Waals surface area contributed by atoms with Crippen molar-refractivity contribution < 1.29 is 0 Å². The fraction of sp³-hybridized carbons (Fsp3) is 0.455. The normalized spacial score (nSPS) is 26.4. The molecular weight excluding hydrogens is 328 g/mol. The summed E-state index contributed by atoms with van der Waals surface area (Å²) >= 11 is 0. The Balaban J connectivity index is 0.00000182. The van der Waals surface area contributed by atoms with Crippen molar-refractivity contribution in [1.29, 1.82) is 0 Å². The highest BCUT2D eigenvalue weighted by Crippen LogP contribution is 2.64. The zero-order chi connectivity index (χ0) is 16.9. The van der Waals surface area contributed by atoms with Gasteiger partial charge in [-0.25, -0.2) is 0 Å². The van der Waals surface area contributed by atoms with E-state index >= 15 is 0 Å². The van der Waals surface area contributed by atoms with Crippen molar-refractivity contribution in [2.24, 2.45) is 0 Å². The molecule has 0 spiro atoms. The summed E-state index contributed by atoms with van der Waals surface area (Å²) < 4.78 is 0. The van der Waals surface area contributed by atoms with Crippen molar-refractivity contribution in [3.8, 4) is 0 Å². The van der Waals surface area contributed by atoms with Gasteiger partial charge in [0.25, 0.3) is 0 Å². The minimum Gasteiger partial charge on any atom is -0.309 e. The Kier molecular flexibility index (Phi) is 4.74. The van der Waals surface area contributed by atoms with Crippen LogP contribution in [0.1, 0.15) is 48.9 Å². The Hall–Kier alpha value is -1.35. The highest BCUT2D eigenvalue weighted by atomic mass is 35.5. The average molecular weight is 357 g/mol. The van der Waals surface area contributed by atoms with Crippen LogP contribution < -0.4 is 0 Å². The van der Waals surface area contributed by atoms with Crippen molar-refractivity contribution in [1.82, 2.24) is 9.80 Å². The van der Waals surface area contributed by atoms with Gasteiger partial charge in [-0.15, -0.1) is 12.4 Å². The van der Waals surface area contributed by atoms with Crippen LogP contribution in [-0.4, -0.2) is 37.0 Å². The van der Waals surface area contributed by atoms with E-state index in [1.165, 1.54) is 28.7 Å². The molecule has 0 radical (unpaired) electrons. The lowest BCUT2D eigenvalue weighted by Gasteiger charge is -2.39. The van der Waals surface area contributed by atoms with Gasteiger partial charge in [-0.2, -0.15) is 0 Å². The molecule has 2 aliphatic heterocycles. The molecule has 2 heterocycles. The standard InChI is InChI=1S/C22H28N2.ClH/c1-5-22-19-13-8-6-11-17(19)21(2,18-12-7-9-14-20(18)22)24(22)16-10-15-23(3)4;/h6-9,11-14H,5,10,15-16H2,1-4H3;1H. The van der Waals surface area contributed by atoms with Gasteiger partial charge in [0.2, 0.25) is 0 Å². The molecule has 2 aromatic carbocycles. The number of benzene rings is 2. The van der Waals surface area contributed by atoms with Crippen molar-refractivity contribution >= 4 is 12.4 Å². The van der Waals surface area contributed by atoms with E-state index in [0.717, 1.165) is 19.5 Å². The van der Waals surface area contributed by atoms with E-state index in [1.807, 2.05) is 0 Å². The molecule has 0 aromatic heterocycles. The van der Waals surface area contributed by atoms with Crippen LogP contribution in [0.2, 0.25) is 0 Å². The molecule has 134 valence electrons. The minimum atomic E-state index is 0. The van der Waals surface area contributed by atoms with Crippen LogP contribution >= 0.6 is 12.4 Å². The lowest BCUT2D eigenvalue weighted by molar-refractivity contribution is 0.0784. The second kappa shape index (κ2) is 6.42. The number of hydrogen-bond acceptors (Lipinski definition) is 2. The van der Waals surface area contributed by atoms with Crippen LogP contribution in [0.4, 0.5) is 0 Å². The summed E-state index contributed by atoms with van der Waals surface area (Å²) in [6.07, 6.45) is 2.32. The lowest BCUT2D eigenvalue weighted by Crippen LogP contribution is -2.45. The van der Waals surface area contributed by atoms with Gasteiger partial charge >= 0.3 is 0 Å². The van der Waals surface area contributed by atoms with E-state index in [-0.39, 0.29) is 23.5 Å². The maximum atomic E-state index is 2.79. The van der Waals surface area contributed by atoms with Gasteiger partial charge in [0.1, 0.15) is 0 Å². The SMILES string of the molecule is CCC12c3ccccc3C(C)(c3ccccc31)N2CCCN(C)C.Cl. The van der Waals surface area contributed by atoms with E-state index in [2.05, 4.69) is 86.3 Å². The molecule has 25 heavy (non-hydrogen) atoms. The summed E-state index contributed by atoms with van der Waals surface area (Å²) in [6.45, 7) is 7.05. The van der Waals surface area contributed by atoms with Gasteiger partial charge in [0.05, 0.1) is 11.1 Å². The average Bonchev–Trinajstić information content (AvgIpc) is 2.95. The van der Waals surface area contributed by atoms with Gasteiger partial charge in [-0.3, -0.25) is 4.90 Å². The molecule has 0 fully saturated rings. The number of fused-ring (bicyclic) bond motifs is 8. The number of hydrogen-bond donors (Lipinski definition) is 0. The Morgan fingerprint density at radius 2 is 1.36 bits per heavy atom. The summed E-state index contributed by atoms with van der Waals surface area (Å²) in [4.78, 5) is 5.08. The summed E-state index contributed by atoms with van der Waals surface area (Å²) in [5.41, 5.74) is 6.13. The predicted octanol–water partition coefficient (Wildman–Crippen LogP) is 4.61. The molecule has 0 aliphatic carbocycles. The largest absolute Gasteiger partial charge is 0.309 e. The van der Waals surface area contributed by atoms with Crippen LogP contribution in [0.25, 0.3) is 0 Å². The third kappa shape index (κ3) is 2.24. The number of rotatable bonds is 5. The van der Waals surface area contributed by atoms with Crippen LogP contribution in [0, 0.1) is 0 Å². The van der Waals surface area contributed by atoms with E-state index < -0.39 is 0 Å². The number of halogens is 1. The zero-order valence-electron chi connectivity index (χ0n) is 15.7. The Morgan fingerprint density at radius 3 is 1.80 bits per heavy atom. The predicted molar refractivity (Wildman–Crippen MR) is 108 cm³/mol. The topological polar surface area (TPSA) is 6.48 Å². The van der Waals surface area contributed by atoms with Crippen LogP contribution in [-0.2, 0) is 11.1 Å². The molecule has 0 unspecified atom stereocenters. The summed E-state index contributed by atoms with van der Waals surface area (Å²) in [6, 6.07) is 18.2. The summed E-state index contributed by atoms with van der Waals surface area (Å²) in [7, 11) is 4.33. The maximum absolute atomic E-state index is 2.79. The highest BCUT2D eigenvalue weighted by Gasteiger charge is 2.62. The Bertz CT molecular complexity index is 721. The van der Waals surface area contributed by atoms with Crippen LogP contribution in [0.3, 0.4) is 0 Å². The van der Waals surface area contributed by atoms with Crippen molar-refractivity contribution in [2.75, 3.05) is 27.2 Å². The molecule has 2 aromatic rings. The summed E-state index contributed by atoms with van der Waals surface area (Å²) in [5, 5.41) is 0. The lowest BCUT2D eigenvalue weighted by atomic mass is 9.72. The molecule has 0 N–H and O–H groups in total. The first-order chi connectivity index (χ1) is 11.6. The summed E-state index contributed by atoms with van der Waals surface area (Å²) in [5.74, 6) is 0. The molecule has 2 nitrogen and oxygen atoms in total. The molecule has 4 rings (SSSR count). The Morgan fingerprint density at radius 1 is 0.880 bits per heavy atom. The van der Waals surface area contributed by atoms with Crippen molar-refractivity contribution in [3.63, 3.8) is 0 Å². The second-order valence-electron chi connectivity index (χ2n) is 7.69. The van der Waals surface area contributed by atoms with E-state index in [1.54, 1.807) is 0 Å². The molecule has 0 saturated carbocycles. The molecule has 0 amide bonds. The first-order valence-electron chi connectivity index (χ1n) is 9.19. The quantitative estimate of drug-likeness (QED) is 0.772. The molecule has 2 bridgehead atoms. The van der Waals surface area contributed by atoms with E-state index in [9.17, 15) is 0 Å². The van der Waals surface area contributed by atoms with Gasteiger partial charge in [0, 0.05) is 6.54 Å². The molecule has 3 heteroatoms. The van der Waals surface area contributed by atoms with Crippen molar-refractivity contribution in [2.45, 2.75) is 37.8 Å². The van der Waals surface area contributed by atoms with Crippen molar-refractivity contribution in [3.05, 3.63) is 70.8 Å². The highest BCUT2D eigenvalue weighted by molar-refractivity contribution is 5.85. The third-order valence-electron chi connectivity index (χ3n) is 6.29. The Labute approximate surface area is 158 Å². The van der Waals surface area contributed by atoms with Gasteiger partial charge < -0.3 is 4.90 Å². The molecule has 2 aliphatic rings. The minimum absolute atomic E-state index is 0. The second-order valence-corrected chi connectivity index (χ2v) is 7.69. The molecule has 0 saturated heterocycles. The van der Waals surface area contributed by atoms with Gasteiger partial charge in [-0.1, -0.05) is 55.5 Å². The van der Waals surface area contributed by atoms with Gasteiger partial charge in [-0.05, 0) is 62.7 Å². The van der Waals surface area contributed by atoms with E-state index in [4.69, 9.17) is 0 Å². The molecule has 0 atom stereocenters. The maximum Gasteiger partial charge on any atom is 0.0729 e. The fourth-order valence-corrected chi connectivity index (χ4v) is 5.32.